The summed E-state index contributed by atoms with van der Waals surface area (Å²) in [4.78, 5) is 32.6. The minimum atomic E-state index is -5.38. The number of hydrogen-bond acceptors (Lipinski definition) is 12. The van der Waals surface area contributed by atoms with Crippen molar-refractivity contribution in [3.63, 3.8) is 0 Å². The number of nitrogen functional groups attached to an aromatic ring is 1. The van der Waals surface area contributed by atoms with Crippen molar-refractivity contribution in [1.82, 2.24) is 19.5 Å². The molecule has 0 aliphatic carbocycles. The maximum Gasteiger partial charge on any atom is 0.488 e. The molecule has 0 spiro atoms. The van der Waals surface area contributed by atoms with E-state index < -0.39 is 35.7 Å². The van der Waals surface area contributed by atoms with Crippen LogP contribution in [0.1, 0.15) is 136 Å². The third-order valence-electron chi connectivity index (χ3n) is 7.83. The van der Waals surface area contributed by atoms with Crippen LogP contribution in [0.5, 0.6) is 0 Å². The van der Waals surface area contributed by atoms with E-state index in [1.54, 1.807) is 11.5 Å². The second kappa shape index (κ2) is 24.1. The Morgan fingerprint density at radius 3 is 1.80 bits per heavy atom. The molecule has 0 amide bonds. The number of phosphoric acid groups is 2. The van der Waals surface area contributed by atoms with Crippen LogP contribution in [0.25, 0.3) is 11.2 Å². The van der Waals surface area contributed by atoms with Gasteiger partial charge in [0.2, 0.25) is 0 Å². The van der Waals surface area contributed by atoms with Gasteiger partial charge in [-0.2, -0.15) is 4.31 Å². The molecule has 0 aromatic carbocycles. The number of rotatable bonds is 31. The second-order valence-electron chi connectivity index (χ2n) is 12.5. The van der Waals surface area contributed by atoms with Crippen molar-refractivity contribution in [1.29, 1.82) is 0 Å². The zero-order valence-corrected chi connectivity index (χ0v) is 32.3. The predicted octanol–water partition coefficient (Wildman–Crippen LogP) is 9.29. The van der Waals surface area contributed by atoms with Crippen molar-refractivity contribution in [3.05, 3.63) is 12.7 Å². The van der Waals surface area contributed by atoms with Gasteiger partial charge in [0.05, 0.1) is 32.2 Å². The summed E-state index contributed by atoms with van der Waals surface area (Å²) < 4.78 is 65.4. The zero-order chi connectivity index (χ0) is 36.0. The van der Waals surface area contributed by atoms with Crippen LogP contribution in [0.2, 0.25) is 0 Å². The minimum absolute atomic E-state index is 0.0429. The molecule has 0 aliphatic heterocycles. The molecule has 0 saturated carbocycles. The molecule has 3 unspecified atom stereocenters. The maximum absolute atomic E-state index is 13.2. The molecule has 0 radical (unpaired) electrons. The largest absolute Gasteiger partial charge is 0.488 e. The number of hydrogen-bond donors (Lipinski definition) is 3. The fourth-order valence-electron chi connectivity index (χ4n) is 5.14. The number of nitrogens with zero attached hydrogens (tertiary/aromatic N) is 4. The molecule has 2 rings (SSSR count). The second-order valence-corrected chi connectivity index (χ2v) is 17.7. The molecule has 49 heavy (non-hydrogen) atoms. The minimum Gasteiger partial charge on any atom is -0.382 e. The number of fused-ring (bicyclic) bond motifs is 1. The van der Waals surface area contributed by atoms with E-state index in [-0.39, 0.29) is 25.6 Å². The van der Waals surface area contributed by atoms with Gasteiger partial charge < -0.3 is 24.8 Å². The van der Waals surface area contributed by atoms with Crippen LogP contribution in [0.15, 0.2) is 12.7 Å². The van der Waals surface area contributed by atoms with Gasteiger partial charge in [-0.3, -0.25) is 13.6 Å². The molecule has 2 aromatic rings. The lowest BCUT2D eigenvalue weighted by Gasteiger charge is -2.22. The summed E-state index contributed by atoms with van der Waals surface area (Å²) in [7, 11) is -14.8. The number of ether oxygens (including phenoxy) is 1. The lowest BCUT2D eigenvalue weighted by Crippen LogP contribution is -2.17. The molecule has 0 aliphatic rings. The number of aromatic nitrogens is 4. The van der Waals surface area contributed by atoms with E-state index in [4.69, 9.17) is 23.8 Å². The van der Waals surface area contributed by atoms with Crippen LogP contribution in [-0.4, -0.2) is 55.0 Å². The van der Waals surface area contributed by atoms with Crippen LogP contribution < -0.4 is 5.73 Å². The van der Waals surface area contributed by atoms with E-state index in [0.29, 0.717) is 30.4 Å². The summed E-state index contributed by atoms with van der Waals surface area (Å²) >= 11 is 0. The first-order chi connectivity index (χ1) is 23.4. The molecule has 4 atom stereocenters. The SMILES string of the molecule is CCCCCCCCCCCCCCCCCCOP(=O)(OCCCC)OP(=O)(O)OP(=O)(O)CO[C@H](C)Cn1cnc2c(N)ncnc21. The average molecular weight is 756 g/mol. The van der Waals surface area contributed by atoms with Crippen molar-refractivity contribution < 1.29 is 45.9 Å². The van der Waals surface area contributed by atoms with Crippen LogP contribution in [0.4, 0.5) is 5.82 Å². The number of nitrogens with two attached hydrogens (primary N) is 1. The Bertz CT molecular complexity index is 1330. The van der Waals surface area contributed by atoms with E-state index in [2.05, 4.69) is 26.2 Å². The monoisotopic (exact) mass is 755 g/mol. The van der Waals surface area contributed by atoms with Gasteiger partial charge in [-0.05, 0) is 19.8 Å². The molecular formula is C31H60N5O10P3. The van der Waals surface area contributed by atoms with E-state index >= 15 is 0 Å². The highest BCUT2D eigenvalue weighted by molar-refractivity contribution is 7.68. The Morgan fingerprint density at radius 2 is 1.24 bits per heavy atom. The summed E-state index contributed by atoms with van der Waals surface area (Å²) in [6, 6.07) is 0. The zero-order valence-electron chi connectivity index (χ0n) is 29.7. The fraction of sp³-hybridized carbons (Fsp3) is 0.839. The van der Waals surface area contributed by atoms with Gasteiger partial charge in [-0.15, -0.1) is 0 Å². The lowest BCUT2D eigenvalue weighted by molar-refractivity contribution is 0.0752. The smallest absolute Gasteiger partial charge is 0.382 e. The topological polar surface area (TPSA) is 207 Å². The van der Waals surface area contributed by atoms with Crippen LogP contribution in [0, 0.1) is 0 Å². The Morgan fingerprint density at radius 1 is 0.735 bits per heavy atom. The molecule has 2 aromatic heterocycles. The van der Waals surface area contributed by atoms with Crippen LogP contribution >= 0.6 is 23.2 Å². The molecule has 18 heteroatoms. The number of anilines is 1. The molecule has 4 N–H and O–H groups in total. The molecule has 15 nitrogen and oxygen atoms in total. The molecule has 284 valence electrons. The summed E-state index contributed by atoms with van der Waals surface area (Å²) in [5, 5.41) is 0. The Kier molecular flexibility index (Phi) is 21.6. The quantitative estimate of drug-likeness (QED) is 0.0484. The number of phosphoric ester groups is 1. The van der Waals surface area contributed by atoms with Gasteiger partial charge in [0.1, 0.15) is 18.2 Å². The first-order valence-electron chi connectivity index (χ1n) is 17.9. The third kappa shape index (κ3) is 19.3. The Labute approximate surface area is 292 Å². The number of imidazole rings is 1. The highest BCUT2D eigenvalue weighted by Crippen LogP contribution is 2.69. The lowest BCUT2D eigenvalue weighted by atomic mass is 10.0. The van der Waals surface area contributed by atoms with E-state index in [1.165, 1.54) is 89.7 Å². The molecule has 0 bridgehead atoms. The van der Waals surface area contributed by atoms with Crippen molar-refractivity contribution >= 4 is 40.2 Å². The van der Waals surface area contributed by atoms with Gasteiger partial charge in [-0.1, -0.05) is 117 Å². The Balaban J connectivity index is 1.68. The van der Waals surface area contributed by atoms with Crippen LogP contribution in [-0.2, 0) is 42.6 Å². The summed E-state index contributed by atoms with van der Waals surface area (Å²) in [6.07, 6.45) is 21.4. The predicted molar refractivity (Wildman–Crippen MR) is 191 cm³/mol. The van der Waals surface area contributed by atoms with Gasteiger partial charge in [-0.25, -0.2) is 28.4 Å². The van der Waals surface area contributed by atoms with Crippen molar-refractivity contribution in [2.24, 2.45) is 0 Å². The molecular weight excluding hydrogens is 695 g/mol. The highest BCUT2D eigenvalue weighted by atomic mass is 31.3. The van der Waals surface area contributed by atoms with Gasteiger partial charge in [0.25, 0.3) is 0 Å². The Hall–Kier alpha value is -1.24. The standard InChI is InChI=1S/C31H60N5O10P3/c1-4-6-8-9-10-11-12-13-14-15-16-17-18-19-20-21-23-44-49(41,43-22-7-5-2)46-48(39,40)45-47(37,38)27-42-28(3)24-36-26-35-29-30(32)33-25-34-31(29)36/h25-26,28H,4-24,27H2,1-3H3,(H,37,38)(H,39,40)(H2,32,33,34)/t28-,49?/m1/s1. The van der Waals surface area contributed by atoms with Gasteiger partial charge in [0, 0.05) is 0 Å². The van der Waals surface area contributed by atoms with E-state index in [0.717, 1.165) is 19.3 Å². The molecule has 2 heterocycles. The van der Waals surface area contributed by atoms with Gasteiger partial charge in [0.15, 0.2) is 11.5 Å². The summed E-state index contributed by atoms with van der Waals surface area (Å²) in [5.74, 6) is 0.203. The first kappa shape index (κ1) is 43.9. The highest BCUT2D eigenvalue weighted by Gasteiger charge is 2.43. The fourth-order valence-corrected chi connectivity index (χ4v) is 9.62. The summed E-state index contributed by atoms with van der Waals surface area (Å²) in [6.45, 7) is 5.79. The summed E-state index contributed by atoms with van der Waals surface area (Å²) in [5.41, 5.74) is 6.63. The molecule has 0 fully saturated rings. The van der Waals surface area contributed by atoms with E-state index in [1.807, 2.05) is 6.92 Å². The van der Waals surface area contributed by atoms with Gasteiger partial charge >= 0.3 is 23.2 Å². The van der Waals surface area contributed by atoms with E-state index in [9.17, 15) is 23.5 Å². The van der Waals surface area contributed by atoms with Crippen LogP contribution in [0.3, 0.4) is 0 Å². The number of unbranched alkanes of at least 4 members (excludes halogenated alkanes) is 16. The first-order valence-corrected chi connectivity index (χ1v) is 22.6. The van der Waals surface area contributed by atoms with Crippen molar-refractivity contribution in [3.8, 4) is 0 Å². The maximum atomic E-state index is 13.2. The van der Waals surface area contributed by atoms with Crippen molar-refractivity contribution in [2.45, 2.75) is 149 Å². The van der Waals surface area contributed by atoms with Crippen molar-refractivity contribution in [2.75, 3.05) is 25.3 Å². The average Bonchev–Trinajstić information content (AvgIpc) is 3.44. The third-order valence-corrected chi connectivity index (χ3v) is 12.8. The molecule has 0 saturated heterocycles. The normalized spacial score (nSPS) is 16.3.